The average molecular weight is 460 g/mol. The number of carbonyl (C=O) groups excluding carboxylic acids is 1. The minimum atomic E-state index is -3.77. The lowest BCUT2D eigenvalue weighted by atomic mass is 10.2. The molecule has 0 spiro atoms. The Hall–Kier alpha value is -3.31. The molecule has 0 aliphatic carbocycles. The van der Waals surface area contributed by atoms with Gasteiger partial charge in [0.15, 0.2) is 0 Å². The Morgan fingerprint density at radius 1 is 1.09 bits per heavy atom. The van der Waals surface area contributed by atoms with Crippen molar-refractivity contribution in [2.75, 3.05) is 20.1 Å². The van der Waals surface area contributed by atoms with E-state index in [9.17, 15) is 22.8 Å². The fourth-order valence-electron chi connectivity index (χ4n) is 3.29. The number of benzene rings is 1. The number of hydrogen-bond donors (Lipinski definition) is 1. The van der Waals surface area contributed by atoms with Crippen LogP contribution in [-0.2, 0) is 27.9 Å². The van der Waals surface area contributed by atoms with E-state index in [0.29, 0.717) is 16.7 Å². The number of fused-ring (bicyclic) bond motifs is 1. The fraction of sp³-hybridized carbons (Fsp3) is 0.333. The Kier molecular flexibility index (Phi) is 6.90. The number of carbonyl (C=O) groups is 1. The number of aromatic amines is 1. The minimum Gasteiger partial charge on any atom is -0.337 e. The average Bonchev–Trinajstić information content (AvgIpc) is 2.75. The summed E-state index contributed by atoms with van der Waals surface area (Å²) >= 11 is 0. The molecule has 0 saturated carbocycles. The number of likely N-dealkylation sites (N-methyl/N-ethyl adjacent to an activating group) is 1. The summed E-state index contributed by atoms with van der Waals surface area (Å²) < 4.78 is 27.8. The van der Waals surface area contributed by atoms with Gasteiger partial charge in [-0.2, -0.15) is 4.31 Å². The largest absolute Gasteiger partial charge is 0.337 e. The van der Waals surface area contributed by atoms with Crippen molar-refractivity contribution in [1.29, 1.82) is 0 Å². The zero-order valence-corrected chi connectivity index (χ0v) is 18.9. The van der Waals surface area contributed by atoms with Gasteiger partial charge in [-0.05, 0) is 18.2 Å². The van der Waals surface area contributed by atoms with Crippen LogP contribution in [0.1, 0.15) is 19.7 Å². The highest BCUT2D eigenvalue weighted by molar-refractivity contribution is 7.89. The Balaban J connectivity index is 1.81. The lowest BCUT2D eigenvalue weighted by Crippen LogP contribution is -2.35. The third-order valence-corrected chi connectivity index (χ3v) is 7.11. The maximum absolute atomic E-state index is 12.7. The molecule has 11 heteroatoms. The van der Waals surface area contributed by atoms with E-state index in [1.165, 1.54) is 28.5 Å². The molecule has 0 fully saturated rings. The number of rotatable bonds is 8. The van der Waals surface area contributed by atoms with Crippen LogP contribution in [0.15, 0.2) is 57.1 Å². The van der Waals surface area contributed by atoms with Crippen molar-refractivity contribution in [3.63, 3.8) is 0 Å². The van der Waals surface area contributed by atoms with Crippen molar-refractivity contribution in [3.8, 4) is 0 Å². The van der Waals surface area contributed by atoms with Crippen molar-refractivity contribution < 1.29 is 13.2 Å². The smallest absolute Gasteiger partial charge is 0.258 e. The summed E-state index contributed by atoms with van der Waals surface area (Å²) in [5.41, 5.74) is -0.294. The van der Waals surface area contributed by atoms with Crippen molar-refractivity contribution in [3.05, 3.63) is 69.1 Å². The molecule has 0 saturated heterocycles. The van der Waals surface area contributed by atoms with Crippen LogP contribution in [0.25, 0.3) is 10.9 Å². The molecule has 0 aliphatic rings. The second kappa shape index (κ2) is 9.45. The highest BCUT2D eigenvalue weighted by atomic mass is 32.2. The predicted molar refractivity (Wildman–Crippen MR) is 120 cm³/mol. The van der Waals surface area contributed by atoms with Gasteiger partial charge in [0.2, 0.25) is 15.9 Å². The second-order valence-corrected chi connectivity index (χ2v) is 9.14. The van der Waals surface area contributed by atoms with Crippen LogP contribution in [0.3, 0.4) is 0 Å². The molecule has 32 heavy (non-hydrogen) atoms. The first-order chi connectivity index (χ1) is 15.2. The molecule has 0 radical (unpaired) electrons. The van der Waals surface area contributed by atoms with Crippen molar-refractivity contribution in [2.45, 2.75) is 31.8 Å². The SMILES string of the molecule is CCN(CC)S(=O)(=O)c1ccc(=O)n(CC(=O)N(C)Cc2nc3ccccc3c(=O)[nH]2)c1. The highest BCUT2D eigenvalue weighted by Crippen LogP contribution is 2.14. The zero-order chi connectivity index (χ0) is 23.5. The van der Waals surface area contributed by atoms with E-state index in [2.05, 4.69) is 9.97 Å². The third-order valence-electron chi connectivity index (χ3n) is 5.08. The third kappa shape index (κ3) is 4.78. The monoisotopic (exact) mass is 459 g/mol. The van der Waals surface area contributed by atoms with E-state index in [-0.39, 0.29) is 36.6 Å². The summed E-state index contributed by atoms with van der Waals surface area (Å²) in [5.74, 6) is -0.143. The molecule has 170 valence electrons. The van der Waals surface area contributed by atoms with E-state index >= 15 is 0 Å². The Bertz CT molecular complexity index is 1360. The summed E-state index contributed by atoms with van der Waals surface area (Å²) in [6.07, 6.45) is 1.18. The van der Waals surface area contributed by atoms with Gasteiger partial charge in [-0.15, -0.1) is 0 Å². The molecule has 10 nitrogen and oxygen atoms in total. The van der Waals surface area contributed by atoms with Crippen LogP contribution in [0.5, 0.6) is 0 Å². The molecule has 0 bridgehead atoms. The Morgan fingerprint density at radius 2 is 1.78 bits per heavy atom. The molecular formula is C21H25N5O5S. The molecule has 2 aromatic heterocycles. The Morgan fingerprint density at radius 3 is 2.47 bits per heavy atom. The molecule has 3 rings (SSSR count). The maximum atomic E-state index is 12.7. The number of nitrogens with one attached hydrogen (secondary N) is 1. The molecule has 2 heterocycles. The van der Waals surface area contributed by atoms with E-state index in [1.807, 2.05) is 0 Å². The number of para-hydroxylation sites is 1. The maximum Gasteiger partial charge on any atom is 0.258 e. The summed E-state index contributed by atoms with van der Waals surface area (Å²) in [7, 11) is -2.26. The number of amides is 1. The summed E-state index contributed by atoms with van der Waals surface area (Å²) in [4.78, 5) is 45.4. The van der Waals surface area contributed by atoms with Crippen LogP contribution < -0.4 is 11.1 Å². The molecule has 1 N–H and O–H groups in total. The first-order valence-corrected chi connectivity index (χ1v) is 11.5. The van der Waals surface area contributed by atoms with Gasteiger partial charge in [-0.25, -0.2) is 13.4 Å². The predicted octanol–water partition coefficient (Wildman–Crippen LogP) is 0.774. The van der Waals surface area contributed by atoms with Crippen molar-refractivity contribution in [1.82, 2.24) is 23.7 Å². The van der Waals surface area contributed by atoms with Gasteiger partial charge in [0.25, 0.3) is 11.1 Å². The topological polar surface area (TPSA) is 125 Å². The molecule has 1 amide bonds. The number of sulfonamides is 1. The lowest BCUT2D eigenvalue weighted by molar-refractivity contribution is -0.131. The standard InChI is InChI=1S/C21H25N5O5S/c1-4-26(5-2)32(30,31)15-10-11-19(27)25(12-15)14-20(28)24(3)13-18-22-17-9-7-6-8-16(17)21(29)23-18/h6-12H,4-5,13-14H2,1-3H3,(H,22,23,29). The molecule has 1 aromatic carbocycles. The summed E-state index contributed by atoms with van der Waals surface area (Å²) in [6, 6.07) is 9.24. The van der Waals surface area contributed by atoms with E-state index < -0.39 is 21.5 Å². The normalized spacial score (nSPS) is 11.8. The number of nitrogens with zero attached hydrogens (tertiary/aromatic N) is 4. The molecule has 0 unspecified atom stereocenters. The lowest BCUT2D eigenvalue weighted by Gasteiger charge is -2.20. The van der Waals surface area contributed by atoms with E-state index in [1.54, 1.807) is 38.1 Å². The number of pyridine rings is 1. The number of H-pyrrole nitrogens is 1. The van der Waals surface area contributed by atoms with E-state index in [4.69, 9.17) is 0 Å². The molecule has 3 aromatic rings. The summed E-state index contributed by atoms with van der Waals surface area (Å²) in [5, 5.41) is 0.447. The molecule has 0 aliphatic heterocycles. The van der Waals surface area contributed by atoms with Gasteiger partial charge in [0.1, 0.15) is 12.4 Å². The van der Waals surface area contributed by atoms with Crippen LogP contribution >= 0.6 is 0 Å². The Labute approximate surface area is 185 Å². The van der Waals surface area contributed by atoms with Crippen LogP contribution in [-0.4, -0.2) is 58.2 Å². The van der Waals surface area contributed by atoms with Gasteiger partial charge in [0, 0.05) is 32.4 Å². The quantitative estimate of drug-likeness (QED) is 0.530. The first-order valence-electron chi connectivity index (χ1n) is 10.1. The number of hydrogen-bond acceptors (Lipinski definition) is 6. The van der Waals surface area contributed by atoms with Crippen LogP contribution in [0, 0.1) is 0 Å². The zero-order valence-electron chi connectivity index (χ0n) is 18.1. The van der Waals surface area contributed by atoms with Gasteiger partial charge in [-0.3, -0.25) is 14.4 Å². The van der Waals surface area contributed by atoms with Crippen molar-refractivity contribution >= 4 is 26.8 Å². The number of aromatic nitrogens is 3. The van der Waals surface area contributed by atoms with Gasteiger partial charge in [-0.1, -0.05) is 26.0 Å². The minimum absolute atomic E-state index is 0.0189. The fourth-order valence-corrected chi connectivity index (χ4v) is 4.77. The first kappa shape index (κ1) is 23.4. The second-order valence-electron chi connectivity index (χ2n) is 7.20. The van der Waals surface area contributed by atoms with Gasteiger partial charge < -0.3 is 14.5 Å². The van der Waals surface area contributed by atoms with Gasteiger partial charge >= 0.3 is 0 Å². The van der Waals surface area contributed by atoms with E-state index in [0.717, 1.165) is 10.6 Å². The molecular weight excluding hydrogens is 434 g/mol. The van der Waals surface area contributed by atoms with Crippen molar-refractivity contribution in [2.24, 2.45) is 0 Å². The van der Waals surface area contributed by atoms with Crippen LogP contribution in [0.4, 0.5) is 0 Å². The van der Waals surface area contributed by atoms with Gasteiger partial charge in [0.05, 0.1) is 22.3 Å². The molecule has 0 atom stereocenters. The van der Waals surface area contributed by atoms with Crippen LogP contribution in [0.2, 0.25) is 0 Å². The highest BCUT2D eigenvalue weighted by Gasteiger charge is 2.23. The summed E-state index contributed by atoms with van der Waals surface area (Å²) in [6.45, 7) is 3.69.